The van der Waals surface area contributed by atoms with Crippen molar-refractivity contribution in [3.05, 3.63) is 48.5 Å². The van der Waals surface area contributed by atoms with Gasteiger partial charge in [0.25, 0.3) is 0 Å². The molecule has 1 aromatic carbocycles. The van der Waals surface area contributed by atoms with Crippen LogP contribution in [0.3, 0.4) is 0 Å². The Hall–Kier alpha value is -1.81. The quantitative estimate of drug-likeness (QED) is 0.856. The first-order valence-corrected chi connectivity index (χ1v) is 5.70. The van der Waals surface area contributed by atoms with Gasteiger partial charge in [-0.3, -0.25) is 0 Å². The number of ether oxygens (including phenoxy) is 1. The van der Waals surface area contributed by atoms with Gasteiger partial charge in [-0.25, -0.2) is 4.98 Å². The minimum absolute atomic E-state index is 0.0648. The molecule has 0 bridgehead atoms. The first-order valence-electron chi connectivity index (χ1n) is 5.70. The lowest BCUT2D eigenvalue weighted by atomic mass is 10.1. The third-order valence-corrected chi connectivity index (χ3v) is 2.58. The molecular weight excluding hydrogens is 214 g/mol. The molecule has 0 aliphatic rings. The summed E-state index contributed by atoms with van der Waals surface area (Å²) in [5.41, 5.74) is 6.89. The second kappa shape index (κ2) is 5.50. The molecule has 17 heavy (non-hydrogen) atoms. The van der Waals surface area contributed by atoms with Crippen LogP contribution >= 0.6 is 0 Å². The van der Waals surface area contributed by atoms with E-state index >= 15 is 0 Å². The van der Waals surface area contributed by atoms with E-state index < -0.39 is 0 Å². The first kappa shape index (κ1) is 11.7. The van der Waals surface area contributed by atoms with Gasteiger partial charge in [0, 0.05) is 18.4 Å². The van der Waals surface area contributed by atoms with E-state index in [1.54, 1.807) is 12.5 Å². The molecule has 0 amide bonds. The summed E-state index contributed by atoms with van der Waals surface area (Å²) in [5.74, 6) is 0.870. The lowest BCUT2D eigenvalue weighted by molar-refractivity contribution is 0.298. The van der Waals surface area contributed by atoms with E-state index in [2.05, 4.69) is 4.98 Å². The van der Waals surface area contributed by atoms with Gasteiger partial charge in [0.1, 0.15) is 12.4 Å². The molecule has 0 saturated carbocycles. The minimum Gasteiger partial charge on any atom is -0.492 e. The first-order chi connectivity index (χ1) is 8.25. The van der Waals surface area contributed by atoms with Crippen LogP contribution in [-0.2, 0) is 6.54 Å². The Labute approximate surface area is 101 Å². The number of imidazole rings is 1. The second-order valence-corrected chi connectivity index (χ2v) is 4.01. The van der Waals surface area contributed by atoms with Crippen LogP contribution in [0.1, 0.15) is 18.5 Å². The van der Waals surface area contributed by atoms with Gasteiger partial charge >= 0.3 is 0 Å². The summed E-state index contributed by atoms with van der Waals surface area (Å²) in [6.45, 7) is 3.40. The number of rotatable bonds is 5. The standard InChI is InChI=1S/C13H17N3O/c1-11(14)12-2-4-13(5-3-12)17-9-8-16-7-6-15-10-16/h2-7,10-11H,8-9,14H2,1H3. The summed E-state index contributed by atoms with van der Waals surface area (Å²) in [5, 5.41) is 0. The van der Waals surface area contributed by atoms with Crippen molar-refractivity contribution in [1.29, 1.82) is 0 Å². The van der Waals surface area contributed by atoms with E-state index in [4.69, 9.17) is 10.5 Å². The van der Waals surface area contributed by atoms with Crippen LogP contribution in [0.2, 0.25) is 0 Å². The molecule has 1 heterocycles. The van der Waals surface area contributed by atoms with E-state index in [0.717, 1.165) is 17.9 Å². The van der Waals surface area contributed by atoms with Crippen LogP contribution < -0.4 is 10.5 Å². The molecule has 2 aromatic rings. The number of benzene rings is 1. The smallest absolute Gasteiger partial charge is 0.119 e. The van der Waals surface area contributed by atoms with Crippen molar-refractivity contribution < 1.29 is 4.74 Å². The van der Waals surface area contributed by atoms with Gasteiger partial charge in [-0.1, -0.05) is 12.1 Å². The molecule has 1 unspecified atom stereocenters. The topological polar surface area (TPSA) is 53.1 Å². The molecule has 0 aliphatic carbocycles. The van der Waals surface area contributed by atoms with Crippen molar-refractivity contribution in [3.8, 4) is 5.75 Å². The Balaban J connectivity index is 1.83. The predicted molar refractivity (Wildman–Crippen MR) is 66.8 cm³/mol. The molecule has 0 saturated heterocycles. The van der Waals surface area contributed by atoms with Crippen molar-refractivity contribution in [2.24, 2.45) is 5.73 Å². The maximum absolute atomic E-state index is 5.78. The Morgan fingerprint density at radius 1 is 1.35 bits per heavy atom. The molecule has 0 spiro atoms. The normalized spacial score (nSPS) is 12.4. The van der Waals surface area contributed by atoms with E-state index in [0.29, 0.717) is 6.61 Å². The molecule has 1 aromatic heterocycles. The monoisotopic (exact) mass is 231 g/mol. The number of hydrogen-bond acceptors (Lipinski definition) is 3. The average Bonchev–Trinajstić information content (AvgIpc) is 2.83. The zero-order valence-corrected chi connectivity index (χ0v) is 9.91. The molecule has 90 valence electrons. The van der Waals surface area contributed by atoms with Gasteiger partial charge < -0.3 is 15.0 Å². The largest absolute Gasteiger partial charge is 0.492 e. The highest BCUT2D eigenvalue weighted by molar-refractivity contribution is 5.28. The fourth-order valence-corrected chi connectivity index (χ4v) is 1.56. The number of aromatic nitrogens is 2. The maximum atomic E-state index is 5.78. The van der Waals surface area contributed by atoms with Gasteiger partial charge in [-0.05, 0) is 24.6 Å². The van der Waals surface area contributed by atoms with Gasteiger partial charge in [0.15, 0.2) is 0 Å². The van der Waals surface area contributed by atoms with Gasteiger partial charge in [-0.15, -0.1) is 0 Å². The van der Waals surface area contributed by atoms with E-state index in [-0.39, 0.29) is 6.04 Å². The van der Waals surface area contributed by atoms with E-state index in [1.807, 2.05) is 42.0 Å². The van der Waals surface area contributed by atoms with Crippen LogP contribution in [0.15, 0.2) is 43.0 Å². The Bertz CT molecular complexity index is 434. The van der Waals surface area contributed by atoms with Crippen molar-refractivity contribution in [2.75, 3.05) is 6.61 Å². The van der Waals surface area contributed by atoms with Crippen molar-refractivity contribution >= 4 is 0 Å². The van der Waals surface area contributed by atoms with Crippen LogP contribution in [0.4, 0.5) is 0 Å². The third-order valence-electron chi connectivity index (χ3n) is 2.58. The Morgan fingerprint density at radius 3 is 2.71 bits per heavy atom. The minimum atomic E-state index is 0.0648. The maximum Gasteiger partial charge on any atom is 0.119 e. The van der Waals surface area contributed by atoms with Crippen LogP contribution in [0, 0.1) is 0 Å². The van der Waals surface area contributed by atoms with Crippen LogP contribution in [-0.4, -0.2) is 16.2 Å². The Morgan fingerprint density at radius 2 is 2.12 bits per heavy atom. The molecule has 0 radical (unpaired) electrons. The summed E-state index contributed by atoms with van der Waals surface area (Å²) < 4.78 is 7.61. The number of nitrogens with zero attached hydrogens (tertiary/aromatic N) is 2. The summed E-state index contributed by atoms with van der Waals surface area (Å²) >= 11 is 0. The molecular formula is C13H17N3O. The van der Waals surface area contributed by atoms with Crippen LogP contribution in [0.25, 0.3) is 0 Å². The molecule has 2 rings (SSSR count). The van der Waals surface area contributed by atoms with Crippen LogP contribution in [0.5, 0.6) is 5.75 Å². The predicted octanol–water partition coefficient (Wildman–Crippen LogP) is 1.98. The van der Waals surface area contributed by atoms with Gasteiger partial charge in [0.2, 0.25) is 0 Å². The van der Waals surface area contributed by atoms with E-state index in [1.165, 1.54) is 0 Å². The van der Waals surface area contributed by atoms with Crippen molar-refractivity contribution in [1.82, 2.24) is 9.55 Å². The van der Waals surface area contributed by atoms with Crippen molar-refractivity contribution in [3.63, 3.8) is 0 Å². The zero-order chi connectivity index (χ0) is 12.1. The Kier molecular flexibility index (Phi) is 3.77. The summed E-state index contributed by atoms with van der Waals surface area (Å²) in [7, 11) is 0. The fourth-order valence-electron chi connectivity index (χ4n) is 1.56. The highest BCUT2D eigenvalue weighted by Crippen LogP contribution is 2.15. The molecule has 4 heteroatoms. The van der Waals surface area contributed by atoms with Gasteiger partial charge in [0.05, 0.1) is 12.9 Å². The summed E-state index contributed by atoms with van der Waals surface area (Å²) in [6.07, 6.45) is 5.46. The lowest BCUT2D eigenvalue weighted by Crippen LogP contribution is -2.07. The molecule has 4 nitrogen and oxygen atoms in total. The molecule has 2 N–H and O–H groups in total. The SMILES string of the molecule is CC(N)c1ccc(OCCn2ccnc2)cc1. The second-order valence-electron chi connectivity index (χ2n) is 4.01. The van der Waals surface area contributed by atoms with Crippen molar-refractivity contribution in [2.45, 2.75) is 19.5 Å². The third kappa shape index (κ3) is 3.32. The van der Waals surface area contributed by atoms with Gasteiger partial charge in [-0.2, -0.15) is 0 Å². The molecule has 0 aliphatic heterocycles. The molecule has 0 fully saturated rings. The number of hydrogen-bond donors (Lipinski definition) is 1. The summed E-state index contributed by atoms with van der Waals surface area (Å²) in [6, 6.07) is 7.96. The lowest BCUT2D eigenvalue weighted by Gasteiger charge is -2.09. The highest BCUT2D eigenvalue weighted by atomic mass is 16.5. The number of nitrogens with two attached hydrogens (primary N) is 1. The highest BCUT2D eigenvalue weighted by Gasteiger charge is 1.99. The zero-order valence-electron chi connectivity index (χ0n) is 9.91. The molecule has 1 atom stereocenters. The summed E-state index contributed by atoms with van der Waals surface area (Å²) in [4.78, 5) is 3.97. The fraction of sp³-hybridized carbons (Fsp3) is 0.308. The van der Waals surface area contributed by atoms with E-state index in [9.17, 15) is 0 Å². The average molecular weight is 231 g/mol.